The summed E-state index contributed by atoms with van der Waals surface area (Å²) >= 11 is 0. The normalized spacial score (nSPS) is 29.6. The van der Waals surface area contributed by atoms with Crippen molar-refractivity contribution in [1.29, 1.82) is 0 Å². The highest BCUT2D eigenvalue weighted by atomic mass is 16.7. The average molecular weight is 356 g/mol. The largest absolute Gasteiger partial charge is 0.394 e. The number of hydroxylamine groups is 2. The number of ether oxygens (including phenoxy) is 1. The van der Waals surface area contributed by atoms with Gasteiger partial charge in [0.1, 0.15) is 31.0 Å². The van der Waals surface area contributed by atoms with Crippen LogP contribution < -0.4 is 5.32 Å². The van der Waals surface area contributed by atoms with Crippen molar-refractivity contribution in [3.8, 4) is 0 Å². The summed E-state index contributed by atoms with van der Waals surface area (Å²) in [6, 6.07) is 9.36. The van der Waals surface area contributed by atoms with Gasteiger partial charge in [0.25, 0.3) is 0 Å². The van der Waals surface area contributed by atoms with Crippen LogP contribution in [0.5, 0.6) is 0 Å². The van der Waals surface area contributed by atoms with Gasteiger partial charge < -0.3 is 30.5 Å². The van der Waals surface area contributed by atoms with E-state index in [0.717, 1.165) is 10.6 Å². The summed E-state index contributed by atoms with van der Waals surface area (Å²) in [6.07, 6.45) is -6.60. The lowest BCUT2D eigenvalue weighted by atomic mass is 9.98. The number of hydrogen-bond acceptors (Lipinski definition) is 8. The Balaban J connectivity index is 1.80. The molecule has 9 heteroatoms. The van der Waals surface area contributed by atoms with Gasteiger partial charge in [0.2, 0.25) is 5.91 Å². The number of likely N-dealkylation sites (N-methyl/N-ethyl adjacent to an activating group) is 1. The van der Waals surface area contributed by atoms with Gasteiger partial charge in [0.05, 0.1) is 6.61 Å². The first-order chi connectivity index (χ1) is 11.9. The number of aliphatic hydroxyl groups is 4. The van der Waals surface area contributed by atoms with E-state index >= 15 is 0 Å². The minimum atomic E-state index is -1.51. The molecule has 2 rings (SSSR count). The van der Waals surface area contributed by atoms with E-state index in [2.05, 4.69) is 5.32 Å². The zero-order valence-corrected chi connectivity index (χ0v) is 13.9. The maximum atomic E-state index is 11.8. The molecule has 140 valence electrons. The van der Waals surface area contributed by atoms with Gasteiger partial charge in [0, 0.05) is 13.6 Å². The molecule has 0 unspecified atom stereocenters. The van der Waals surface area contributed by atoms with Crippen LogP contribution in [-0.2, 0) is 20.9 Å². The lowest BCUT2D eigenvalue weighted by molar-refractivity contribution is -0.324. The summed E-state index contributed by atoms with van der Waals surface area (Å²) in [6.45, 7) is -0.502. The number of aliphatic hydroxyl groups excluding tert-OH is 4. The fourth-order valence-corrected chi connectivity index (χ4v) is 2.46. The van der Waals surface area contributed by atoms with Crippen molar-refractivity contribution in [3.05, 3.63) is 35.9 Å². The fourth-order valence-electron chi connectivity index (χ4n) is 2.46. The topological polar surface area (TPSA) is 132 Å². The van der Waals surface area contributed by atoms with Gasteiger partial charge in [-0.25, -0.2) is 0 Å². The summed E-state index contributed by atoms with van der Waals surface area (Å²) in [5.41, 5.74) is 0.943. The first-order valence-corrected chi connectivity index (χ1v) is 7.91. The third kappa shape index (κ3) is 5.19. The van der Waals surface area contributed by atoms with Crippen LogP contribution in [0, 0.1) is 0 Å². The number of amides is 1. The van der Waals surface area contributed by atoms with Crippen molar-refractivity contribution in [3.63, 3.8) is 0 Å². The Kier molecular flexibility index (Phi) is 7.26. The van der Waals surface area contributed by atoms with Crippen LogP contribution >= 0.6 is 0 Å². The highest BCUT2D eigenvalue weighted by molar-refractivity contribution is 5.77. The number of carbonyl (C=O) groups is 1. The van der Waals surface area contributed by atoms with Crippen LogP contribution in [0.15, 0.2) is 30.3 Å². The van der Waals surface area contributed by atoms with E-state index in [1.807, 2.05) is 30.3 Å². The molecule has 1 aliphatic heterocycles. The van der Waals surface area contributed by atoms with Crippen molar-refractivity contribution < 1.29 is 34.8 Å². The maximum absolute atomic E-state index is 11.8. The molecule has 1 amide bonds. The van der Waals surface area contributed by atoms with Gasteiger partial charge in [-0.2, -0.15) is 5.06 Å². The summed E-state index contributed by atoms with van der Waals surface area (Å²) in [4.78, 5) is 17.1. The lowest BCUT2D eigenvalue weighted by Gasteiger charge is -2.42. The van der Waals surface area contributed by atoms with Crippen LogP contribution in [0.25, 0.3) is 0 Å². The molecule has 5 N–H and O–H groups in total. The smallest absolute Gasteiger partial charge is 0.248 e. The molecule has 1 heterocycles. The Morgan fingerprint density at radius 1 is 1.20 bits per heavy atom. The molecule has 1 aromatic carbocycles. The Hall–Kier alpha value is -1.59. The molecule has 1 fully saturated rings. The van der Waals surface area contributed by atoms with Gasteiger partial charge in [-0.3, -0.25) is 9.63 Å². The van der Waals surface area contributed by atoms with E-state index in [0.29, 0.717) is 6.54 Å². The van der Waals surface area contributed by atoms with Crippen molar-refractivity contribution in [1.82, 2.24) is 10.4 Å². The van der Waals surface area contributed by atoms with Crippen LogP contribution in [0.2, 0.25) is 0 Å². The third-order valence-electron chi connectivity index (χ3n) is 3.96. The second kappa shape index (κ2) is 9.20. The Morgan fingerprint density at radius 3 is 2.52 bits per heavy atom. The van der Waals surface area contributed by atoms with Crippen LogP contribution in [0.4, 0.5) is 0 Å². The van der Waals surface area contributed by atoms with Gasteiger partial charge in [-0.1, -0.05) is 30.3 Å². The molecule has 0 aliphatic carbocycles. The molecule has 0 bridgehead atoms. The minimum Gasteiger partial charge on any atom is -0.394 e. The Morgan fingerprint density at radius 2 is 1.88 bits per heavy atom. The number of benzene rings is 1. The molecule has 0 aromatic heterocycles. The predicted molar refractivity (Wildman–Crippen MR) is 85.8 cm³/mol. The van der Waals surface area contributed by atoms with E-state index in [4.69, 9.17) is 14.7 Å². The summed E-state index contributed by atoms with van der Waals surface area (Å²) in [5.74, 6) is -0.375. The van der Waals surface area contributed by atoms with E-state index in [-0.39, 0.29) is 12.5 Å². The average Bonchev–Trinajstić information content (AvgIpc) is 2.63. The molecule has 0 spiro atoms. The first-order valence-electron chi connectivity index (χ1n) is 7.91. The van der Waals surface area contributed by atoms with Crippen LogP contribution in [-0.4, -0.2) is 82.3 Å². The molecule has 5 atom stereocenters. The van der Waals surface area contributed by atoms with Gasteiger partial charge in [0.15, 0.2) is 6.23 Å². The molecule has 25 heavy (non-hydrogen) atoms. The Bertz CT molecular complexity index is 543. The monoisotopic (exact) mass is 356 g/mol. The molecule has 1 aromatic rings. The SMILES string of the molecule is CN(OCC(=O)NCc1ccccc1)[C@@H]1O[C@H](CO)[C@@H](O)[C@H](O)[C@H]1O. The second-order valence-electron chi connectivity index (χ2n) is 5.80. The number of nitrogens with zero attached hydrogens (tertiary/aromatic N) is 1. The number of rotatable bonds is 7. The van der Waals surface area contributed by atoms with Crippen molar-refractivity contribution in [2.45, 2.75) is 37.2 Å². The molecule has 9 nitrogen and oxygen atoms in total. The predicted octanol–water partition coefficient (Wildman–Crippen LogP) is -2.03. The molecule has 0 radical (unpaired) electrons. The van der Waals surface area contributed by atoms with Crippen molar-refractivity contribution in [2.75, 3.05) is 20.3 Å². The van der Waals surface area contributed by atoms with E-state index in [9.17, 15) is 20.1 Å². The standard InChI is InChI=1S/C16H24N2O7/c1-18(16-15(23)14(22)13(21)11(8-19)25-16)24-9-12(20)17-7-10-5-3-2-4-6-10/h2-6,11,13-16,19,21-23H,7-9H2,1H3,(H,17,20)/t11-,13-,14+,15-,16-/m1/s1. The summed E-state index contributed by atoms with van der Waals surface area (Å²) in [5, 5.41) is 42.4. The van der Waals surface area contributed by atoms with Crippen molar-refractivity contribution in [2.24, 2.45) is 0 Å². The fraction of sp³-hybridized carbons (Fsp3) is 0.562. The third-order valence-corrected chi connectivity index (χ3v) is 3.96. The van der Waals surface area contributed by atoms with E-state index < -0.39 is 37.3 Å². The van der Waals surface area contributed by atoms with Crippen LogP contribution in [0.1, 0.15) is 5.56 Å². The van der Waals surface area contributed by atoms with E-state index in [1.54, 1.807) is 0 Å². The lowest BCUT2D eigenvalue weighted by Crippen LogP contribution is -2.62. The highest BCUT2D eigenvalue weighted by Gasteiger charge is 2.45. The van der Waals surface area contributed by atoms with Gasteiger partial charge in [-0.15, -0.1) is 0 Å². The van der Waals surface area contributed by atoms with Gasteiger partial charge in [-0.05, 0) is 5.56 Å². The highest BCUT2D eigenvalue weighted by Crippen LogP contribution is 2.22. The first kappa shape index (κ1) is 19.7. The molecule has 1 aliphatic rings. The molecule has 0 saturated carbocycles. The summed E-state index contributed by atoms with van der Waals surface area (Å²) < 4.78 is 5.31. The number of hydrogen-bond donors (Lipinski definition) is 5. The molecule has 1 saturated heterocycles. The summed E-state index contributed by atoms with van der Waals surface area (Å²) in [7, 11) is 1.41. The minimum absolute atomic E-state index is 0.321. The number of nitrogens with one attached hydrogen (secondary N) is 1. The molecular formula is C16H24N2O7. The second-order valence-corrected chi connectivity index (χ2v) is 5.80. The van der Waals surface area contributed by atoms with Crippen molar-refractivity contribution >= 4 is 5.91 Å². The van der Waals surface area contributed by atoms with Gasteiger partial charge >= 0.3 is 0 Å². The zero-order chi connectivity index (χ0) is 18.4. The molecular weight excluding hydrogens is 332 g/mol. The zero-order valence-electron chi connectivity index (χ0n) is 13.9. The quantitative estimate of drug-likeness (QED) is 0.353. The Labute approximate surface area is 145 Å². The van der Waals surface area contributed by atoms with Crippen LogP contribution in [0.3, 0.4) is 0 Å². The maximum Gasteiger partial charge on any atom is 0.248 e. The van der Waals surface area contributed by atoms with E-state index in [1.165, 1.54) is 7.05 Å². The number of carbonyl (C=O) groups excluding carboxylic acids is 1.